The molecule has 1 saturated heterocycles. The number of ether oxygens (including phenoxy) is 1. The van der Waals surface area contributed by atoms with Gasteiger partial charge in [0.15, 0.2) is 0 Å². The monoisotopic (exact) mass is 410 g/mol. The second kappa shape index (κ2) is 7.75. The lowest BCUT2D eigenvalue weighted by Gasteiger charge is -2.28. The Morgan fingerprint density at radius 2 is 1.76 bits per heavy atom. The first-order valence-electron chi connectivity index (χ1n) is 9.48. The average molecular weight is 410 g/mol. The Bertz CT molecular complexity index is 1170. The molecule has 1 fully saturated rings. The van der Waals surface area contributed by atoms with Crippen LogP contribution < -0.4 is 14.4 Å². The summed E-state index contributed by atoms with van der Waals surface area (Å²) in [5.74, 6) is 0.512. The summed E-state index contributed by atoms with van der Waals surface area (Å²) in [5, 5.41) is 1.83. The van der Waals surface area contributed by atoms with Gasteiger partial charge in [0.2, 0.25) is 5.91 Å². The second-order valence-electron chi connectivity index (χ2n) is 7.00. The number of carbonyl (C=O) groups excluding carboxylic acids is 1. The Hall–Kier alpha value is -3.06. The molecule has 4 rings (SSSR count). The van der Waals surface area contributed by atoms with Gasteiger partial charge in [-0.1, -0.05) is 30.3 Å². The number of hydrogen-bond acceptors (Lipinski definition) is 4. The molecule has 0 atom stereocenters. The molecule has 6 nitrogen and oxygen atoms in total. The van der Waals surface area contributed by atoms with Crippen molar-refractivity contribution in [1.29, 1.82) is 0 Å². The highest BCUT2D eigenvalue weighted by molar-refractivity contribution is 7.92. The number of methoxy groups -OCH3 is 1. The molecule has 0 bridgehead atoms. The van der Waals surface area contributed by atoms with E-state index in [9.17, 15) is 13.2 Å². The first kappa shape index (κ1) is 19.3. The van der Waals surface area contributed by atoms with Gasteiger partial charge in [-0.25, -0.2) is 8.42 Å². The SMILES string of the molecule is COc1cc(NS(=O)(=O)c2ccc3ccccc3c2)ccc1N1CCCCC1=O. The van der Waals surface area contributed by atoms with E-state index in [1.165, 1.54) is 7.11 Å². The first-order chi connectivity index (χ1) is 14.0. The van der Waals surface area contributed by atoms with Crippen LogP contribution in [0.3, 0.4) is 0 Å². The summed E-state index contributed by atoms with van der Waals surface area (Å²) in [4.78, 5) is 14.1. The lowest BCUT2D eigenvalue weighted by Crippen LogP contribution is -2.35. The fraction of sp³-hybridized carbons (Fsp3) is 0.227. The summed E-state index contributed by atoms with van der Waals surface area (Å²) >= 11 is 0. The second-order valence-corrected chi connectivity index (χ2v) is 8.69. The van der Waals surface area contributed by atoms with Crippen LogP contribution in [0.5, 0.6) is 5.75 Å². The Morgan fingerprint density at radius 1 is 0.966 bits per heavy atom. The van der Waals surface area contributed by atoms with E-state index in [1.54, 1.807) is 41.3 Å². The number of amides is 1. The molecule has 3 aromatic carbocycles. The average Bonchev–Trinajstić information content (AvgIpc) is 2.73. The largest absolute Gasteiger partial charge is 0.494 e. The van der Waals surface area contributed by atoms with Gasteiger partial charge in [-0.2, -0.15) is 0 Å². The highest BCUT2D eigenvalue weighted by atomic mass is 32.2. The lowest BCUT2D eigenvalue weighted by molar-refractivity contribution is -0.119. The van der Waals surface area contributed by atoms with Gasteiger partial charge in [-0.15, -0.1) is 0 Å². The van der Waals surface area contributed by atoms with E-state index < -0.39 is 10.0 Å². The molecule has 1 aliphatic heterocycles. The first-order valence-corrected chi connectivity index (χ1v) is 11.0. The Balaban J connectivity index is 1.63. The molecule has 1 N–H and O–H groups in total. The van der Waals surface area contributed by atoms with Crippen LogP contribution in [0.4, 0.5) is 11.4 Å². The lowest BCUT2D eigenvalue weighted by atomic mass is 10.1. The minimum Gasteiger partial charge on any atom is -0.494 e. The summed E-state index contributed by atoms with van der Waals surface area (Å²) in [7, 11) is -2.26. The molecule has 3 aromatic rings. The van der Waals surface area contributed by atoms with Crippen LogP contribution in [0.25, 0.3) is 10.8 Å². The van der Waals surface area contributed by atoms with Crippen LogP contribution in [-0.2, 0) is 14.8 Å². The van der Waals surface area contributed by atoms with E-state index >= 15 is 0 Å². The third-order valence-electron chi connectivity index (χ3n) is 5.08. The maximum Gasteiger partial charge on any atom is 0.261 e. The van der Waals surface area contributed by atoms with Crippen molar-refractivity contribution in [2.75, 3.05) is 23.3 Å². The van der Waals surface area contributed by atoms with Crippen molar-refractivity contribution >= 4 is 38.1 Å². The van der Waals surface area contributed by atoms with Crippen LogP contribution in [0.1, 0.15) is 19.3 Å². The van der Waals surface area contributed by atoms with E-state index in [1.807, 2.05) is 24.3 Å². The molecule has 0 radical (unpaired) electrons. The smallest absolute Gasteiger partial charge is 0.261 e. The molecule has 0 unspecified atom stereocenters. The van der Waals surface area contributed by atoms with Crippen molar-refractivity contribution in [2.24, 2.45) is 0 Å². The highest BCUT2D eigenvalue weighted by Gasteiger charge is 2.23. The zero-order valence-corrected chi connectivity index (χ0v) is 16.9. The van der Waals surface area contributed by atoms with Crippen LogP contribution >= 0.6 is 0 Å². The minimum atomic E-state index is -3.76. The maximum atomic E-state index is 12.9. The van der Waals surface area contributed by atoms with Gasteiger partial charge in [0.1, 0.15) is 5.75 Å². The van der Waals surface area contributed by atoms with Crippen LogP contribution in [0.15, 0.2) is 65.6 Å². The Morgan fingerprint density at radius 3 is 2.52 bits per heavy atom. The summed E-state index contributed by atoms with van der Waals surface area (Å²) in [6.45, 7) is 0.636. The molecule has 29 heavy (non-hydrogen) atoms. The predicted molar refractivity (Wildman–Crippen MR) is 114 cm³/mol. The number of carbonyl (C=O) groups is 1. The van der Waals surface area contributed by atoms with Crippen molar-refractivity contribution in [3.63, 3.8) is 0 Å². The Labute approximate surface area is 170 Å². The van der Waals surface area contributed by atoms with Gasteiger partial charge < -0.3 is 9.64 Å². The van der Waals surface area contributed by atoms with Crippen LogP contribution in [-0.4, -0.2) is 28.0 Å². The maximum absolute atomic E-state index is 12.9. The van der Waals surface area contributed by atoms with Crippen molar-refractivity contribution in [3.05, 3.63) is 60.7 Å². The van der Waals surface area contributed by atoms with E-state index in [4.69, 9.17) is 4.74 Å². The van der Waals surface area contributed by atoms with Gasteiger partial charge in [-0.3, -0.25) is 9.52 Å². The predicted octanol–water partition coefficient (Wildman–Crippen LogP) is 4.17. The van der Waals surface area contributed by atoms with Gasteiger partial charge in [0.05, 0.1) is 23.4 Å². The molecule has 0 aliphatic carbocycles. The molecule has 150 valence electrons. The molecule has 1 amide bonds. The standard InChI is InChI=1S/C22H22N2O4S/c1-28-21-15-18(10-12-20(21)24-13-5-4-8-22(24)25)23-29(26,27)19-11-9-16-6-2-3-7-17(16)14-19/h2-3,6-7,9-12,14-15,23H,4-5,8,13H2,1H3. The number of benzene rings is 3. The summed E-state index contributed by atoms with van der Waals surface area (Å²) in [6.07, 6.45) is 2.34. The zero-order chi connectivity index (χ0) is 20.4. The fourth-order valence-electron chi connectivity index (χ4n) is 3.57. The molecular formula is C22H22N2O4S. The van der Waals surface area contributed by atoms with Crippen LogP contribution in [0, 0.1) is 0 Å². The van der Waals surface area contributed by atoms with Gasteiger partial charge in [0, 0.05) is 19.0 Å². The van der Waals surface area contributed by atoms with Crippen molar-refractivity contribution in [3.8, 4) is 5.75 Å². The minimum absolute atomic E-state index is 0.0547. The number of sulfonamides is 1. The van der Waals surface area contributed by atoms with E-state index in [2.05, 4.69) is 4.72 Å². The number of piperidine rings is 1. The quantitative estimate of drug-likeness (QED) is 0.685. The number of fused-ring (bicyclic) bond motifs is 1. The van der Waals surface area contributed by atoms with Crippen molar-refractivity contribution in [2.45, 2.75) is 24.2 Å². The van der Waals surface area contributed by atoms with Gasteiger partial charge in [0.25, 0.3) is 10.0 Å². The van der Waals surface area contributed by atoms with Crippen molar-refractivity contribution in [1.82, 2.24) is 0 Å². The van der Waals surface area contributed by atoms with Gasteiger partial charge >= 0.3 is 0 Å². The molecule has 0 saturated carbocycles. The summed E-state index contributed by atoms with van der Waals surface area (Å²) in [5.41, 5.74) is 1.04. The molecule has 1 heterocycles. The summed E-state index contributed by atoms with van der Waals surface area (Å²) < 4.78 is 33.8. The number of nitrogens with zero attached hydrogens (tertiary/aromatic N) is 1. The fourth-order valence-corrected chi connectivity index (χ4v) is 4.66. The normalized spacial score (nSPS) is 14.8. The molecule has 7 heteroatoms. The van der Waals surface area contributed by atoms with E-state index in [-0.39, 0.29) is 10.8 Å². The van der Waals surface area contributed by atoms with Gasteiger partial charge in [-0.05, 0) is 47.9 Å². The zero-order valence-electron chi connectivity index (χ0n) is 16.1. The number of anilines is 2. The van der Waals surface area contributed by atoms with Crippen LogP contribution in [0.2, 0.25) is 0 Å². The Kier molecular flexibility index (Phi) is 5.15. The molecule has 0 spiro atoms. The van der Waals surface area contributed by atoms with Crippen molar-refractivity contribution < 1.29 is 17.9 Å². The third kappa shape index (κ3) is 3.91. The topological polar surface area (TPSA) is 75.7 Å². The van der Waals surface area contributed by atoms with E-state index in [0.717, 1.165) is 23.6 Å². The third-order valence-corrected chi connectivity index (χ3v) is 6.46. The number of nitrogens with one attached hydrogen (secondary N) is 1. The molecule has 1 aliphatic rings. The number of rotatable bonds is 5. The van der Waals surface area contributed by atoms with E-state index in [0.29, 0.717) is 30.1 Å². The summed E-state index contributed by atoms with van der Waals surface area (Å²) in [6, 6.07) is 17.6. The molecule has 0 aromatic heterocycles. The number of hydrogen-bond donors (Lipinski definition) is 1. The highest BCUT2D eigenvalue weighted by Crippen LogP contribution is 2.34. The molecular weight excluding hydrogens is 388 g/mol.